The van der Waals surface area contributed by atoms with Crippen LogP contribution in [0.3, 0.4) is 0 Å². The molecule has 3 aromatic carbocycles. The van der Waals surface area contributed by atoms with E-state index in [0.717, 1.165) is 42.6 Å². The fourth-order valence-electron chi connectivity index (χ4n) is 5.12. The summed E-state index contributed by atoms with van der Waals surface area (Å²) < 4.78 is 5.91. The van der Waals surface area contributed by atoms with Crippen molar-refractivity contribution in [2.24, 2.45) is 0 Å². The third kappa shape index (κ3) is 3.23. The molecule has 158 valence electrons. The highest BCUT2D eigenvalue weighted by Crippen LogP contribution is 2.43. The minimum absolute atomic E-state index is 0.0737. The molecule has 1 aliphatic heterocycles. The quantitative estimate of drug-likeness (QED) is 0.432. The van der Waals surface area contributed by atoms with E-state index in [-0.39, 0.29) is 11.3 Å². The van der Waals surface area contributed by atoms with Gasteiger partial charge in [-0.2, -0.15) is 0 Å². The number of allylic oxidation sites excluding steroid dienone is 1. The molecule has 1 aliphatic carbocycles. The van der Waals surface area contributed by atoms with Crippen molar-refractivity contribution in [3.63, 3.8) is 0 Å². The molecule has 4 aromatic rings. The van der Waals surface area contributed by atoms with Gasteiger partial charge in [0, 0.05) is 30.5 Å². The van der Waals surface area contributed by atoms with Crippen molar-refractivity contribution in [2.75, 3.05) is 13.1 Å². The highest BCUT2D eigenvalue weighted by Gasteiger charge is 2.39. The molecule has 0 atom stereocenters. The molecule has 0 saturated carbocycles. The van der Waals surface area contributed by atoms with Gasteiger partial charge in [0.2, 0.25) is 0 Å². The molecule has 4 nitrogen and oxygen atoms in total. The Bertz CT molecular complexity index is 1330. The Balaban J connectivity index is 1.18. The van der Waals surface area contributed by atoms with Crippen molar-refractivity contribution >= 4 is 23.1 Å². The highest BCUT2D eigenvalue weighted by molar-refractivity contribution is 5.97. The summed E-state index contributed by atoms with van der Waals surface area (Å²) in [6, 6.07) is 24.3. The smallest absolute Gasteiger partial charge is 0.253 e. The summed E-state index contributed by atoms with van der Waals surface area (Å²) in [5, 5.41) is 0. The number of fused-ring (bicyclic) bond motifs is 3. The van der Waals surface area contributed by atoms with E-state index in [1.807, 2.05) is 41.3 Å². The zero-order valence-electron chi connectivity index (χ0n) is 17.8. The van der Waals surface area contributed by atoms with Gasteiger partial charge in [-0.15, -0.1) is 0 Å². The third-order valence-corrected chi connectivity index (χ3v) is 6.90. The molecule has 1 aromatic heterocycles. The van der Waals surface area contributed by atoms with E-state index in [2.05, 4.69) is 53.5 Å². The fraction of sp³-hybridized carbons (Fsp3) is 0.214. The zero-order chi connectivity index (χ0) is 21.5. The van der Waals surface area contributed by atoms with E-state index < -0.39 is 0 Å². The minimum atomic E-state index is 0.0737. The van der Waals surface area contributed by atoms with Gasteiger partial charge < -0.3 is 9.32 Å². The number of hydrogen-bond donors (Lipinski definition) is 0. The van der Waals surface area contributed by atoms with Crippen LogP contribution in [0.4, 0.5) is 0 Å². The molecule has 0 radical (unpaired) electrons. The number of aromatic nitrogens is 1. The zero-order valence-corrected chi connectivity index (χ0v) is 17.8. The van der Waals surface area contributed by atoms with Crippen molar-refractivity contribution in [3.05, 3.63) is 107 Å². The Labute approximate surface area is 187 Å². The molecule has 1 fully saturated rings. The molecule has 32 heavy (non-hydrogen) atoms. The summed E-state index contributed by atoms with van der Waals surface area (Å²) in [6.07, 6.45) is 7.13. The Morgan fingerprint density at radius 1 is 0.969 bits per heavy atom. The summed E-state index contributed by atoms with van der Waals surface area (Å²) in [5.41, 5.74) is 6.09. The second-order valence-corrected chi connectivity index (χ2v) is 8.82. The van der Waals surface area contributed by atoms with Crippen LogP contribution < -0.4 is 0 Å². The van der Waals surface area contributed by atoms with Gasteiger partial charge in [-0.3, -0.25) is 4.79 Å². The number of nitrogens with zero attached hydrogens (tertiary/aromatic N) is 2. The lowest BCUT2D eigenvalue weighted by molar-refractivity contribution is 0.0690. The molecule has 0 N–H and O–H groups in total. The van der Waals surface area contributed by atoms with Crippen molar-refractivity contribution < 1.29 is 9.21 Å². The van der Waals surface area contributed by atoms with Crippen molar-refractivity contribution in [1.29, 1.82) is 0 Å². The lowest BCUT2D eigenvalue weighted by Crippen LogP contribution is -2.44. The molecular weight excluding hydrogens is 396 g/mol. The number of carbonyl (C=O) groups excluding carboxylic acids is 1. The first-order valence-electron chi connectivity index (χ1n) is 11.2. The molecule has 1 spiro atoms. The van der Waals surface area contributed by atoms with Crippen LogP contribution in [0.1, 0.15) is 45.8 Å². The molecule has 2 heterocycles. The molecule has 4 heteroatoms. The summed E-state index contributed by atoms with van der Waals surface area (Å²) in [6.45, 7) is 1.52. The minimum Gasteiger partial charge on any atom is -0.440 e. The maximum Gasteiger partial charge on any atom is 0.253 e. The van der Waals surface area contributed by atoms with Gasteiger partial charge in [0.1, 0.15) is 5.52 Å². The molecule has 6 rings (SSSR count). The van der Waals surface area contributed by atoms with E-state index in [1.54, 1.807) is 0 Å². The summed E-state index contributed by atoms with van der Waals surface area (Å²) in [5.74, 6) is 0.743. The van der Waals surface area contributed by atoms with Crippen LogP contribution in [0.5, 0.6) is 0 Å². The van der Waals surface area contributed by atoms with Crippen LogP contribution in [0, 0.1) is 0 Å². The SMILES string of the molecule is O=C(c1ccc2oc(Cc3ccccc3)nc2c1)N1CCC2(C=Cc3ccccc32)CC1. The number of carbonyl (C=O) groups is 1. The van der Waals surface area contributed by atoms with Gasteiger partial charge in [-0.1, -0.05) is 66.7 Å². The van der Waals surface area contributed by atoms with Crippen LogP contribution in [-0.2, 0) is 11.8 Å². The predicted molar refractivity (Wildman–Crippen MR) is 126 cm³/mol. The molecule has 0 bridgehead atoms. The maximum atomic E-state index is 13.2. The number of likely N-dealkylation sites (tertiary alicyclic amines) is 1. The average Bonchev–Trinajstić information content (AvgIpc) is 3.40. The summed E-state index contributed by atoms with van der Waals surface area (Å²) in [7, 11) is 0. The van der Waals surface area contributed by atoms with Gasteiger partial charge in [0.25, 0.3) is 5.91 Å². The van der Waals surface area contributed by atoms with Crippen LogP contribution in [-0.4, -0.2) is 28.9 Å². The van der Waals surface area contributed by atoms with Crippen LogP contribution >= 0.6 is 0 Å². The van der Waals surface area contributed by atoms with Crippen molar-refractivity contribution in [2.45, 2.75) is 24.7 Å². The molecule has 2 aliphatic rings. The average molecular weight is 421 g/mol. The van der Waals surface area contributed by atoms with Gasteiger partial charge in [-0.25, -0.2) is 4.98 Å². The number of hydrogen-bond acceptors (Lipinski definition) is 3. The number of amides is 1. The van der Waals surface area contributed by atoms with Crippen molar-refractivity contribution in [3.8, 4) is 0 Å². The molecule has 0 unspecified atom stereocenters. The van der Waals surface area contributed by atoms with Crippen molar-refractivity contribution in [1.82, 2.24) is 9.88 Å². The Morgan fingerprint density at radius 3 is 2.59 bits per heavy atom. The lowest BCUT2D eigenvalue weighted by atomic mass is 9.74. The predicted octanol–water partition coefficient (Wildman–Crippen LogP) is 5.62. The normalized spacial score (nSPS) is 16.6. The monoisotopic (exact) mass is 420 g/mol. The first-order chi connectivity index (χ1) is 15.7. The number of benzene rings is 3. The van der Waals surface area contributed by atoms with Gasteiger partial charge in [0.15, 0.2) is 11.5 Å². The molecule has 1 saturated heterocycles. The van der Waals surface area contributed by atoms with E-state index in [0.29, 0.717) is 17.9 Å². The standard InChI is InChI=1S/C28H24N2O2/c31-27(30-16-14-28(15-17-30)13-12-21-8-4-5-9-23(21)28)22-10-11-25-24(19-22)29-26(32-25)18-20-6-2-1-3-7-20/h1-13,19H,14-18H2. The number of oxazole rings is 1. The second kappa shape index (κ2) is 7.49. The topological polar surface area (TPSA) is 46.3 Å². The van der Waals surface area contributed by atoms with Crippen LogP contribution in [0.15, 0.2) is 83.3 Å². The molecular formula is C28H24N2O2. The molecule has 1 amide bonds. The summed E-state index contributed by atoms with van der Waals surface area (Å²) >= 11 is 0. The van der Waals surface area contributed by atoms with E-state index in [9.17, 15) is 4.79 Å². The van der Waals surface area contributed by atoms with Crippen LogP contribution in [0.2, 0.25) is 0 Å². The third-order valence-electron chi connectivity index (χ3n) is 6.90. The Hall–Kier alpha value is -3.66. The summed E-state index contributed by atoms with van der Waals surface area (Å²) in [4.78, 5) is 19.9. The highest BCUT2D eigenvalue weighted by atomic mass is 16.3. The number of rotatable bonds is 3. The fourth-order valence-corrected chi connectivity index (χ4v) is 5.12. The van der Waals surface area contributed by atoms with E-state index in [4.69, 9.17) is 4.42 Å². The first kappa shape index (κ1) is 19.1. The number of piperidine rings is 1. The van der Waals surface area contributed by atoms with E-state index >= 15 is 0 Å². The Morgan fingerprint density at radius 2 is 1.75 bits per heavy atom. The Kier molecular flexibility index (Phi) is 4.46. The lowest BCUT2D eigenvalue weighted by Gasteiger charge is -2.39. The first-order valence-corrected chi connectivity index (χ1v) is 11.2. The van der Waals surface area contributed by atoms with Crippen LogP contribution in [0.25, 0.3) is 17.2 Å². The van der Waals surface area contributed by atoms with Gasteiger partial charge in [-0.05, 0) is 47.7 Å². The second-order valence-electron chi connectivity index (χ2n) is 8.82. The van der Waals surface area contributed by atoms with E-state index in [1.165, 1.54) is 11.1 Å². The maximum absolute atomic E-state index is 13.2. The van der Waals surface area contributed by atoms with Gasteiger partial charge in [0.05, 0.1) is 0 Å². The van der Waals surface area contributed by atoms with Gasteiger partial charge >= 0.3 is 0 Å². The largest absolute Gasteiger partial charge is 0.440 e.